The summed E-state index contributed by atoms with van der Waals surface area (Å²) in [5, 5.41) is 0. The molecule has 0 bridgehead atoms. The minimum absolute atomic E-state index is 0.482. The fraction of sp³-hybridized carbons (Fsp3) is 0.0667. The molecule has 0 saturated heterocycles. The van der Waals surface area contributed by atoms with Crippen molar-refractivity contribution >= 4 is 32.5 Å². The molecule has 0 saturated carbocycles. The number of hydrogen-bond donors (Lipinski definition) is 0. The van der Waals surface area contributed by atoms with Gasteiger partial charge in [0.1, 0.15) is 0 Å². The van der Waals surface area contributed by atoms with Crippen molar-refractivity contribution in [3.8, 4) is 11.1 Å². The molecule has 1 heteroatoms. The molecule has 6 rings (SSSR count). The Morgan fingerprint density at radius 2 is 1.19 bits per heavy atom. The SMILES string of the molecule is C1=CCC(c2cccc3c2[CH]([Sn]([c]2ccccc2)[c]2ccccc2)c2ccccc2-3)=C1. The summed E-state index contributed by atoms with van der Waals surface area (Å²) in [6.07, 6.45) is 7.83. The molecule has 0 N–H and O–H groups in total. The van der Waals surface area contributed by atoms with E-state index >= 15 is 0 Å². The molecular formula is C30H23Sn. The molecule has 2 aliphatic carbocycles. The molecule has 1 unspecified atom stereocenters. The van der Waals surface area contributed by atoms with Gasteiger partial charge in [0.2, 0.25) is 0 Å². The van der Waals surface area contributed by atoms with Crippen LogP contribution in [0.2, 0.25) is 0 Å². The molecule has 0 aliphatic heterocycles. The van der Waals surface area contributed by atoms with Crippen molar-refractivity contribution in [3.63, 3.8) is 0 Å². The Kier molecular flexibility index (Phi) is 4.88. The molecule has 31 heavy (non-hydrogen) atoms. The van der Waals surface area contributed by atoms with Crippen LogP contribution in [0.1, 0.15) is 27.0 Å². The number of benzene rings is 4. The standard InChI is InChI=1S/C18H13.2C6H5.Sn/c1-2-7-13(6-1)15-10-5-11-17-16-9-4-3-8-14(16)12-18(15)17;2*1-2-4-6-5-3-1;/h1-6,8-12H,7H2;2*1-5H;. The molecule has 0 fully saturated rings. The molecular weight excluding hydrogens is 479 g/mol. The third-order valence-electron chi connectivity index (χ3n) is 6.53. The fourth-order valence-corrected chi connectivity index (χ4v) is 14.5. The van der Waals surface area contributed by atoms with E-state index in [1.54, 1.807) is 12.7 Å². The average Bonchev–Trinajstić information content (AvgIpc) is 3.48. The Hall–Kier alpha value is -2.84. The topological polar surface area (TPSA) is 0 Å². The molecule has 1 atom stereocenters. The molecule has 0 amide bonds. The van der Waals surface area contributed by atoms with E-state index in [0.29, 0.717) is 3.93 Å². The Bertz CT molecular complexity index is 1260. The summed E-state index contributed by atoms with van der Waals surface area (Å²) in [7, 11) is 0. The molecule has 0 nitrogen and oxygen atoms in total. The minimum atomic E-state index is -2.37. The molecule has 0 aromatic heterocycles. The number of fused-ring (bicyclic) bond motifs is 3. The molecule has 2 aliphatic rings. The Morgan fingerprint density at radius 3 is 1.87 bits per heavy atom. The number of rotatable bonds is 4. The van der Waals surface area contributed by atoms with Crippen molar-refractivity contribution in [2.24, 2.45) is 0 Å². The second-order valence-corrected chi connectivity index (χ2v) is 15.6. The summed E-state index contributed by atoms with van der Waals surface area (Å²) in [5.41, 5.74) is 8.88. The van der Waals surface area contributed by atoms with Gasteiger partial charge < -0.3 is 0 Å². The molecule has 147 valence electrons. The van der Waals surface area contributed by atoms with E-state index in [2.05, 4.69) is 121 Å². The second kappa shape index (κ2) is 8.01. The van der Waals surface area contributed by atoms with E-state index in [9.17, 15) is 0 Å². The van der Waals surface area contributed by atoms with E-state index in [1.165, 1.54) is 27.8 Å². The summed E-state index contributed by atoms with van der Waals surface area (Å²) >= 11 is -2.37. The molecule has 1 radical (unpaired) electrons. The number of hydrogen-bond acceptors (Lipinski definition) is 0. The maximum atomic E-state index is 2.39. The van der Waals surface area contributed by atoms with Crippen LogP contribution in [0.5, 0.6) is 0 Å². The molecule has 0 heterocycles. The van der Waals surface area contributed by atoms with Crippen LogP contribution >= 0.6 is 0 Å². The van der Waals surface area contributed by atoms with Crippen LogP contribution in [-0.2, 0) is 0 Å². The summed E-state index contributed by atoms with van der Waals surface area (Å²) < 4.78 is 3.62. The first-order chi connectivity index (χ1) is 15.4. The zero-order chi connectivity index (χ0) is 20.6. The van der Waals surface area contributed by atoms with Crippen LogP contribution in [0, 0.1) is 0 Å². The van der Waals surface area contributed by atoms with E-state index < -0.39 is 19.8 Å². The van der Waals surface area contributed by atoms with Crippen LogP contribution < -0.4 is 7.16 Å². The Labute approximate surface area is 191 Å². The van der Waals surface area contributed by atoms with Gasteiger partial charge in [0.05, 0.1) is 0 Å². The Balaban J connectivity index is 1.64. The summed E-state index contributed by atoms with van der Waals surface area (Å²) in [5.74, 6) is 0. The summed E-state index contributed by atoms with van der Waals surface area (Å²) in [6.45, 7) is 0. The van der Waals surface area contributed by atoms with E-state index in [-0.39, 0.29) is 0 Å². The van der Waals surface area contributed by atoms with Gasteiger partial charge in [-0.15, -0.1) is 0 Å². The van der Waals surface area contributed by atoms with Crippen molar-refractivity contribution in [1.82, 2.24) is 0 Å². The monoisotopic (exact) mass is 503 g/mol. The van der Waals surface area contributed by atoms with Crippen LogP contribution in [0.4, 0.5) is 0 Å². The van der Waals surface area contributed by atoms with Crippen LogP contribution in [0.3, 0.4) is 0 Å². The zero-order valence-electron chi connectivity index (χ0n) is 17.3. The quantitative estimate of drug-likeness (QED) is 0.301. The van der Waals surface area contributed by atoms with Crippen molar-refractivity contribution in [2.45, 2.75) is 10.4 Å². The first-order valence-corrected chi connectivity index (χ1v) is 15.5. The predicted octanol–water partition coefficient (Wildman–Crippen LogP) is 5.99. The first kappa shape index (κ1) is 18.9. The van der Waals surface area contributed by atoms with Gasteiger partial charge in [0.15, 0.2) is 0 Å². The fourth-order valence-electron chi connectivity index (χ4n) is 5.22. The van der Waals surface area contributed by atoms with Crippen LogP contribution in [-0.4, -0.2) is 19.8 Å². The van der Waals surface area contributed by atoms with E-state index in [0.717, 1.165) is 6.42 Å². The van der Waals surface area contributed by atoms with Gasteiger partial charge in [0.25, 0.3) is 0 Å². The predicted molar refractivity (Wildman–Crippen MR) is 133 cm³/mol. The Morgan fingerprint density at radius 1 is 0.581 bits per heavy atom. The number of allylic oxidation sites excluding steroid dienone is 4. The van der Waals surface area contributed by atoms with Crippen molar-refractivity contribution < 1.29 is 0 Å². The van der Waals surface area contributed by atoms with Gasteiger partial charge in [-0.05, 0) is 0 Å². The van der Waals surface area contributed by atoms with Gasteiger partial charge in [-0.3, -0.25) is 0 Å². The second-order valence-electron chi connectivity index (χ2n) is 8.26. The van der Waals surface area contributed by atoms with Gasteiger partial charge >= 0.3 is 192 Å². The summed E-state index contributed by atoms with van der Waals surface area (Å²) in [6, 6.07) is 38.8. The molecule has 4 aromatic rings. The molecule has 4 aromatic carbocycles. The molecule has 0 spiro atoms. The van der Waals surface area contributed by atoms with Gasteiger partial charge in [-0.2, -0.15) is 0 Å². The summed E-state index contributed by atoms with van der Waals surface area (Å²) in [4.78, 5) is 0. The third kappa shape index (κ3) is 3.21. The third-order valence-corrected chi connectivity index (χ3v) is 15.3. The van der Waals surface area contributed by atoms with Gasteiger partial charge in [0, 0.05) is 0 Å². The zero-order valence-corrected chi connectivity index (χ0v) is 20.2. The first-order valence-electron chi connectivity index (χ1n) is 11.0. The van der Waals surface area contributed by atoms with Crippen molar-refractivity contribution in [1.29, 1.82) is 0 Å². The normalized spacial score (nSPS) is 16.3. The van der Waals surface area contributed by atoms with Crippen LogP contribution in [0.25, 0.3) is 16.7 Å². The van der Waals surface area contributed by atoms with Crippen LogP contribution in [0.15, 0.2) is 121 Å². The van der Waals surface area contributed by atoms with Gasteiger partial charge in [-0.1, -0.05) is 0 Å². The van der Waals surface area contributed by atoms with Crippen molar-refractivity contribution in [2.75, 3.05) is 0 Å². The van der Waals surface area contributed by atoms with E-state index in [1.807, 2.05) is 0 Å². The van der Waals surface area contributed by atoms with Gasteiger partial charge in [-0.25, -0.2) is 0 Å². The maximum absolute atomic E-state index is 2.39. The average molecular weight is 502 g/mol. The van der Waals surface area contributed by atoms with E-state index in [4.69, 9.17) is 0 Å². The van der Waals surface area contributed by atoms with Crippen molar-refractivity contribution in [3.05, 3.63) is 138 Å².